The molecule has 0 aromatic heterocycles. The van der Waals surface area contributed by atoms with E-state index in [4.69, 9.17) is 4.74 Å². The molecule has 2 aliphatic rings. The molecule has 0 amide bonds. The van der Waals surface area contributed by atoms with Crippen molar-refractivity contribution in [2.75, 3.05) is 13.7 Å². The average Bonchev–Trinajstić information content (AvgIpc) is 2.95. The Labute approximate surface area is 160 Å². The Morgan fingerprint density at radius 2 is 1.92 bits per heavy atom. The van der Waals surface area contributed by atoms with E-state index in [0.29, 0.717) is 17.4 Å². The van der Waals surface area contributed by atoms with E-state index in [9.17, 15) is 4.79 Å². The molecule has 0 N–H and O–H groups in total. The average molecular weight is 357 g/mol. The van der Waals surface area contributed by atoms with Gasteiger partial charge in [-0.25, -0.2) is 0 Å². The number of carbonyl (C=O) groups is 1. The third-order valence-corrected chi connectivity index (χ3v) is 5.63. The molecule has 3 nitrogen and oxygen atoms in total. The largest absolute Gasteiger partial charge is 0.469 e. The molecule has 1 atom stereocenters. The van der Waals surface area contributed by atoms with Gasteiger partial charge < -0.3 is 9.47 Å². The van der Waals surface area contributed by atoms with Gasteiger partial charge in [-0.3, -0.25) is 4.79 Å². The van der Waals surface area contributed by atoms with Crippen LogP contribution in [-0.2, 0) is 19.7 Å². The van der Waals surface area contributed by atoms with Crippen LogP contribution in [0.2, 0.25) is 6.32 Å². The van der Waals surface area contributed by atoms with Crippen molar-refractivity contribution in [2.45, 2.75) is 83.6 Å². The lowest BCUT2D eigenvalue weighted by Gasteiger charge is -2.25. The lowest BCUT2D eigenvalue weighted by Crippen LogP contribution is -2.20. The van der Waals surface area contributed by atoms with Crippen molar-refractivity contribution in [1.29, 1.82) is 0 Å². The van der Waals surface area contributed by atoms with Gasteiger partial charge in [-0.15, -0.1) is 0 Å². The molecule has 0 bridgehead atoms. The van der Waals surface area contributed by atoms with Crippen LogP contribution >= 0.6 is 0 Å². The molecule has 1 aliphatic carbocycles. The fraction of sp³-hybridized carbons (Fsp3) is 0.682. The fourth-order valence-corrected chi connectivity index (χ4v) is 3.73. The van der Waals surface area contributed by atoms with Crippen LogP contribution in [0.15, 0.2) is 18.2 Å². The lowest BCUT2D eigenvalue weighted by molar-refractivity contribution is -0.137. The second-order valence-electron chi connectivity index (χ2n) is 8.33. The van der Waals surface area contributed by atoms with Crippen LogP contribution in [0.5, 0.6) is 0 Å². The molecule has 1 fully saturated rings. The molecule has 0 spiro atoms. The Morgan fingerprint density at radius 3 is 2.54 bits per heavy atom. The minimum absolute atomic E-state index is 0.245. The summed E-state index contributed by atoms with van der Waals surface area (Å²) in [6, 6.07) is 7.02. The van der Waals surface area contributed by atoms with Gasteiger partial charge in [0.25, 0.3) is 0 Å². The van der Waals surface area contributed by atoms with Crippen LogP contribution in [-0.4, -0.2) is 33.1 Å². The maximum absolute atomic E-state index is 9.59. The SMILES string of the molecule is CC(COC1CCCCC1)c1ccc2c(c1)C(C)(C)C[B]2.COC(C)=O. The highest BCUT2D eigenvalue weighted by atomic mass is 16.5. The minimum Gasteiger partial charge on any atom is -0.469 e. The zero-order valence-corrected chi connectivity index (χ0v) is 17.1. The Bertz CT molecular complexity index is 591. The van der Waals surface area contributed by atoms with Gasteiger partial charge in [0.05, 0.1) is 19.8 Å². The quantitative estimate of drug-likeness (QED) is 0.593. The third kappa shape index (κ3) is 5.87. The van der Waals surface area contributed by atoms with Crippen molar-refractivity contribution in [2.24, 2.45) is 0 Å². The summed E-state index contributed by atoms with van der Waals surface area (Å²) in [5.74, 6) is 0.249. The van der Waals surface area contributed by atoms with E-state index in [2.05, 4.69) is 51.0 Å². The first kappa shape index (κ1) is 21.0. The van der Waals surface area contributed by atoms with Crippen LogP contribution < -0.4 is 5.46 Å². The Kier molecular flexibility index (Phi) is 7.76. The highest BCUT2D eigenvalue weighted by Crippen LogP contribution is 2.33. The van der Waals surface area contributed by atoms with E-state index in [-0.39, 0.29) is 5.97 Å². The Hall–Kier alpha value is -1.29. The second-order valence-corrected chi connectivity index (χ2v) is 8.33. The third-order valence-electron chi connectivity index (χ3n) is 5.63. The van der Waals surface area contributed by atoms with Gasteiger partial charge in [-0.05, 0) is 29.4 Å². The summed E-state index contributed by atoms with van der Waals surface area (Å²) in [6.07, 6.45) is 8.30. The number of benzene rings is 1. The molecule has 1 aliphatic heterocycles. The van der Waals surface area contributed by atoms with Crippen molar-refractivity contribution in [1.82, 2.24) is 0 Å². The van der Waals surface area contributed by atoms with Crippen molar-refractivity contribution in [3.8, 4) is 0 Å². The molecular weight excluding hydrogens is 323 g/mol. The van der Waals surface area contributed by atoms with Gasteiger partial charge >= 0.3 is 5.97 Å². The molecule has 1 aromatic rings. The summed E-state index contributed by atoms with van der Waals surface area (Å²) in [5, 5.41) is 0. The molecular formula is C22H34BO3. The minimum atomic E-state index is -0.245. The van der Waals surface area contributed by atoms with Crippen molar-refractivity contribution >= 4 is 18.7 Å². The molecule has 4 heteroatoms. The van der Waals surface area contributed by atoms with Crippen molar-refractivity contribution in [3.05, 3.63) is 29.3 Å². The smallest absolute Gasteiger partial charge is 0.302 e. The first-order valence-electron chi connectivity index (χ1n) is 9.97. The molecule has 3 rings (SSSR count). The maximum atomic E-state index is 9.59. The van der Waals surface area contributed by atoms with Gasteiger partial charge in [0.2, 0.25) is 0 Å². The Morgan fingerprint density at radius 1 is 1.27 bits per heavy atom. The number of ether oxygens (including phenoxy) is 2. The highest BCUT2D eigenvalue weighted by molar-refractivity contribution is 6.56. The van der Waals surface area contributed by atoms with Gasteiger partial charge in [-0.2, -0.15) is 0 Å². The van der Waals surface area contributed by atoms with Gasteiger partial charge in [-0.1, -0.05) is 70.0 Å². The first-order valence-corrected chi connectivity index (χ1v) is 9.97. The number of fused-ring (bicyclic) bond motifs is 1. The lowest BCUT2D eigenvalue weighted by atomic mass is 9.69. The molecule has 1 radical (unpaired) electrons. The van der Waals surface area contributed by atoms with E-state index in [1.165, 1.54) is 69.0 Å². The molecule has 0 saturated heterocycles. The first-order chi connectivity index (χ1) is 12.3. The summed E-state index contributed by atoms with van der Waals surface area (Å²) in [6.45, 7) is 9.23. The number of rotatable bonds is 4. The summed E-state index contributed by atoms with van der Waals surface area (Å²) in [5.41, 5.74) is 4.69. The molecule has 143 valence electrons. The monoisotopic (exact) mass is 357 g/mol. The number of methoxy groups -OCH3 is 1. The van der Waals surface area contributed by atoms with Crippen LogP contribution in [0.3, 0.4) is 0 Å². The number of carbonyl (C=O) groups excluding carboxylic acids is 1. The van der Waals surface area contributed by atoms with Gasteiger partial charge in [0.1, 0.15) is 0 Å². The summed E-state index contributed by atoms with van der Waals surface area (Å²) < 4.78 is 10.3. The topological polar surface area (TPSA) is 35.5 Å². The van der Waals surface area contributed by atoms with Crippen LogP contribution in [0, 0.1) is 0 Å². The predicted octanol–water partition coefficient (Wildman–Crippen LogP) is 4.36. The van der Waals surface area contributed by atoms with Gasteiger partial charge in [0, 0.05) is 12.8 Å². The molecule has 1 saturated carbocycles. The van der Waals surface area contributed by atoms with Crippen molar-refractivity contribution in [3.63, 3.8) is 0 Å². The van der Waals surface area contributed by atoms with Crippen LogP contribution in [0.4, 0.5) is 0 Å². The van der Waals surface area contributed by atoms with Crippen LogP contribution in [0.1, 0.15) is 76.8 Å². The van der Waals surface area contributed by atoms with E-state index in [1.54, 1.807) is 0 Å². The molecule has 1 unspecified atom stereocenters. The van der Waals surface area contributed by atoms with E-state index in [1.807, 2.05) is 0 Å². The Balaban J connectivity index is 0.000000431. The highest BCUT2D eigenvalue weighted by Gasteiger charge is 2.30. The number of hydrogen-bond donors (Lipinski definition) is 0. The summed E-state index contributed by atoms with van der Waals surface area (Å²) in [4.78, 5) is 9.59. The van der Waals surface area contributed by atoms with Gasteiger partial charge in [0.15, 0.2) is 7.28 Å². The molecule has 1 heterocycles. The standard InChI is InChI=1S/C19H28BO.C3H6O2/c1-14(12-21-16-7-5-4-6-8-16)15-9-10-18-17(11-15)19(2,3)13-20-18;1-3(4)5-2/h9-11,14,16H,4-8,12-13H2,1-3H3;1-2H3. The fourth-order valence-electron chi connectivity index (χ4n) is 3.73. The zero-order valence-electron chi connectivity index (χ0n) is 17.1. The van der Waals surface area contributed by atoms with E-state index < -0.39 is 0 Å². The van der Waals surface area contributed by atoms with E-state index >= 15 is 0 Å². The van der Waals surface area contributed by atoms with Crippen LogP contribution in [0.25, 0.3) is 0 Å². The van der Waals surface area contributed by atoms with E-state index in [0.717, 1.165) is 6.61 Å². The zero-order chi connectivity index (χ0) is 19.2. The summed E-state index contributed by atoms with van der Waals surface area (Å²) >= 11 is 0. The maximum Gasteiger partial charge on any atom is 0.302 e. The second kappa shape index (κ2) is 9.59. The molecule has 26 heavy (non-hydrogen) atoms. The number of hydrogen-bond acceptors (Lipinski definition) is 3. The molecule has 1 aromatic carbocycles. The summed E-state index contributed by atoms with van der Waals surface area (Å²) in [7, 11) is 3.73. The normalized spacial score (nSPS) is 19.6. The van der Waals surface area contributed by atoms with Crippen molar-refractivity contribution < 1.29 is 14.3 Å². The number of esters is 1. The predicted molar refractivity (Wildman–Crippen MR) is 109 cm³/mol.